The number of pyridine rings is 1. The molecular weight excluding hydrogens is 480 g/mol. The zero-order valence-electron chi connectivity index (χ0n) is 19.7. The van der Waals surface area contributed by atoms with E-state index >= 15 is 0 Å². The van der Waals surface area contributed by atoms with Crippen molar-refractivity contribution < 1.29 is 27.1 Å². The van der Waals surface area contributed by atoms with Gasteiger partial charge in [0.1, 0.15) is 5.82 Å². The Hall–Kier alpha value is -3.38. The van der Waals surface area contributed by atoms with Gasteiger partial charge in [-0.3, -0.25) is 4.79 Å². The van der Waals surface area contributed by atoms with Crippen LogP contribution in [0.1, 0.15) is 41.6 Å². The molecule has 2 aromatic heterocycles. The van der Waals surface area contributed by atoms with Crippen molar-refractivity contribution in [2.45, 2.75) is 50.5 Å². The molecule has 0 spiro atoms. The number of nitrogens with one attached hydrogen (secondary N) is 2. The van der Waals surface area contributed by atoms with Crippen LogP contribution in [0.15, 0.2) is 30.5 Å². The average Bonchev–Trinajstić information content (AvgIpc) is 3.23. The minimum Gasteiger partial charge on any atom is -0.383 e. The van der Waals surface area contributed by atoms with E-state index in [1.807, 2.05) is 0 Å². The number of nitrogens with zero attached hydrogens (tertiary/aromatic N) is 2. The monoisotopic (exact) mass is 508 g/mol. The fourth-order valence-electron chi connectivity index (χ4n) is 4.46. The Morgan fingerprint density at radius 3 is 2.64 bits per heavy atom. The van der Waals surface area contributed by atoms with Gasteiger partial charge in [0.25, 0.3) is 5.91 Å². The number of alkyl halides is 3. The minimum atomic E-state index is -4.63. The van der Waals surface area contributed by atoms with Gasteiger partial charge in [0.15, 0.2) is 11.6 Å². The lowest BCUT2D eigenvalue weighted by molar-refractivity contribution is -0.137. The lowest BCUT2D eigenvalue weighted by Crippen LogP contribution is -2.43. The summed E-state index contributed by atoms with van der Waals surface area (Å²) in [6, 6.07) is 4.08. The highest BCUT2D eigenvalue weighted by atomic mass is 19.4. The lowest BCUT2D eigenvalue weighted by atomic mass is 9.91. The summed E-state index contributed by atoms with van der Waals surface area (Å²) in [6.45, 7) is 0.629. The molecule has 1 fully saturated rings. The van der Waals surface area contributed by atoms with E-state index in [0.29, 0.717) is 30.5 Å². The lowest BCUT2D eigenvalue weighted by Gasteiger charge is -2.30. The normalized spacial score (nSPS) is 18.4. The summed E-state index contributed by atoms with van der Waals surface area (Å²) in [6.07, 6.45) is 0.378. The average molecular weight is 509 g/mol. The first-order valence-electron chi connectivity index (χ1n) is 11.6. The Kier molecular flexibility index (Phi) is 7.36. The van der Waals surface area contributed by atoms with Crippen LogP contribution in [0.25, 0.3) is 10.9 Å². The van der Waals surface area contributed by atoms with Crippen LogP contribution in [-0.4, -0.2) is 41.3 Å². The van der Waals surface area contributed by atoms with Crippen LogP contribution >= 0.6 is 0 Å². The predicted molar refractivity (Wildman–Crippen MR) is 129 cm³/mol. The molecule has 2 heterocycles. The number of benzene rings is 1. The molecule has 1 aliphatic rings. The number of primary amides is 1. The van der Waals surface area contributed by atoms with E-state index in [1.54, 1.807) is 16.8 Å². The molecule has 0 aliphatic heterocycles. The van der Waals surface area contributed by atoms with Gasteiger partial charge >= 0.3 is 6.18 Å². The molecule has 2 atom stereocenters. The van der Waals surface area contributed by atoms with Gasteiger partial charge in [-0.15, -0.1) is 0 Å². The van der Waals surface area contributed by atoms with Gasteiger partial charge in [0.05, 0.1) is 23.3 Å². The van der Waals surface area contributed by atoms with Crippen molar-refractivity contribution >= 4 is 34.1 Å². The number of carbonyl (C=O) groups excluding carboxylic acids is 1. The standard InChI is InChI=1S/C24H28F4N6O2/c1-36-9-8-34-7-6-14-19(10-13(11-20(14)34)24(26,27)28)32-22-15(21(30)35)12-16(25)23(33-22)31-18-5-3-2-4-17(18)29/h6-7,10-12,17-18H,2-5,8-9,29H2,1H3,(H2,30,35)(H2,31,32,33). The Morgan fingerprint density at radius 2 is 1.97 bits per heavy atom. The molecule has 0 radical (unpaired) electrons. The number of rotatable bonds is 8. The van der Waals surface area contributed by atoms with Gasteiger partial charge < -0.3 is 31.4 Å². The molecule has 36 heavy (non-hydrogen) atoms. The third-order valence-electron chi connectivity index (χ3n) is 6.39. The summed E-state index contributed by atoms with van der Waals surface area (Å²) in [4.78, 5) is 16.3. The molecule has 1 saturated carbocycles. The number of aromatic nitrogens is 2. The van der Waals surface area contributed by atoms with Crippen LogP contribution in [0.4, 0.5) is 34.9 Å². The Bertz CT molecular complexity index is 1260. The molecule has 6 N–H and O–H groups in total. The number of ether oxygens (including phenoxy) is 1. The summed E-state index contributed by atoms with van der Waals surface area (Å²) in [5.41, 5.74) is 10.7. The Morgan fingerprint density at radius 1 is 1.22 bits per heavy atom. The summed E-state index contributed by atoms with van der Waals surface area (Å²) in [7, 11) is 1.50. The van der Waals surface area contributed by atoms with Gasteiger partial charge in [-0.05, 0) is 37.1 Å². The van der Waals surface area contributed by atoms with Crippen molar-refractivity contribution in [3.63, 3.8) is 0 Å². The number of fused-ring (bicyclic) bond motifs is 1. The van der Waals surface area contributed by atoms with Crippen molar-refractivity contribution in [2.75, 3.05) is 24.4 Å². The second-order valence-electron chi connectivity index (χ2n) is 8.86. The van der Waals surface area contributed by atoms with E-state index in [1.165, 1.54) is 7.11 Å². The molecule has 0 saturated heterocycles. The number of halogens is 4. The number of amides is 1. The second kappa shape index (κ2) is 10.3. The number of hydrogen-bond donors (Lipinski definition) is 4. The quantitative estimate of drug-likeness (QED) is 0.336. The highest BCUT2D eigenvalue weighted by molar-refractivity contribution is 6.01. The van der Waals surface area contributed by atoms with Crippen LogP contribution in [-0.2, 0) is 17.5 Å². The number of methoxy groups -OCH3 is 1. The molecule has 194 valence electrons. The smallest absolute Gasteiger partial charge is 0.383 e. The molecule has 4 rings (SSSR count). The maximum Gasteiger partial charge on any atom is 0.416 e. The predicted octanol–water partition coefficient (Wildman–Crippen LogP) is 4.36. The SMILES string of the molecule is COCCn1ccc2c(Nc3nc(NC4CCCCC4N)c(F)cc3C(N)=O)cc(C(F)(F)F)cc21. The van der Waals surface area contributed by atoms with E-state index in [4.69, 9.17) is 16.2 Å². The van der Waals surface area contributed by atoms with Gasteiger partial charge in [-0.2, -0.15) is 13.2 Å². The number of carbonyl (C=O) groups is 1. The van der Waals surface area contributed by atoms with Crippen LogP contribution < -0.4 is 22.1 Å². The molecule has 1 aromatic carbocycles. The number of nitrogens with two attached hydrogens (primary N) is 2. The first kappa shape index (κ1) is 25.7. The highest BCUT2D eigenvalue weighted by Gasteiger charge is 2.32. The van der Waals surface area contributed by atoms with Crippen LogP contribution in [0, 0.1) is 5.82 Å². The largest absolute Gasteiger partial charge is 0.416 e. The van der Waals surface area contributed by atoms with Gasteiger partial charge in [-0.25, -0.2) is 9.37 Å². The van der Waals surface area contributed by atoms with Crippen molar-refractivity contribution in [3.8, 4) is 0 Å². The second-order valence-corrected chi connectivity index (χ2v) is 8.86. The molecule has 3 aromatic rings. The molecule has 2 unspecified atom stereocenters. The van der Waals surface area contributed by atoms with E-state index in [2.05, 4.69) is 15.6 Å². The molecular formula is C24H28F4N6O2. The maximum atomic E-state index is 14.8. The van der Waals surface area contributed by atoms with Crippen LogP contribution in [0.5, 0.6) is 0 Å². The van der Waals surface area contributed by atoms with E-state index < -0.39 is 23.5 Å². The topological polar surface area (TPSA) is 120 Å². The minimum absolute atomic E-state index is 0.0397. The fraction of sp³-hybridized carbons (Fsp3) is 0.417. The summed E-state index contributed by atoms with van der Waals surface area (Å²) in [5, 5.41) is 6.24. The first-order chi connectivity index (χ1) is 17.1. The summed E-state index contributed by atoms with van der Waals surface area (Å²) in [5.74, 6) is -2.12. The van der Waals surface area contributed by atoms with Gasteiger partial charge in [-0.1, -0.05) is 12.8 Å². The third-order valence-corrected chi connectivity index (χ3v) is 6.39. The fourth-order valence-corrected chi connectivity index (χ4v) is 4.46. The third kappa shape index (κ3) is 5.39. The summed E-state index contributed by atoms with van der Waals surface area (Å²) >= 11 is 0. The van der Waals surface area contributed by atoms with Gasteiger partial charge in [0.2, 0.25) is 0 Å². The van der Waals surface area contributed by atoms with Crippen molar-refractivity contribution in [1.82, 2.24) is 9.55 Å². The number of hydrogen-bond acceptors (Lipinski definition) is 6. The van der Waals surface area contributed by atoms with Crippen LogP contribution in [0.3, 0.4) is 0 Å². The van der Waals surface area contributed by atoms with E-state index in [-0.39, 0.29) is 35.0 Å². The van der Waals surface area contributed by atoms with Gasteiger partial charge in [0, 0.05) is 43.0 Å². The molecule has 1 amide bonds. The van der Waals surface area contributed by atoms with Crippen LogP contribution in [0.2, 0.25) is 0 Å². The molecule has 0 bridgehead atoms. The summed E-state index contributed by atoms with van der Waals surface area (Å²) < 4.78 is 62.7. The molecule has 12 heteroatoms. The van der Waals surface area contributed by atoms with Crippen molar-refractivity contribution in [3.05, 3.63) is 47.4 Å². The Balaban J connectivity index is 1.78. The molecule has 1 aliphatic carbocycles. The van der Waals surface area contributed by atoms with Crippen molar-refractivity contribution in [1.29, 1.82) is 0 Å². The zero-order valence-corrected chi connectivity index (χ0v) is 19.7. The number of anilines is 3. The van der Waals surface area contributed by atoms with Crippen molar-refractivity contribution in [2.24, 2.45) is 11.5 Å². The highest BCUT2D eigenvalue weighted by Crippen LogP contribution is 2.37. The maximum absolute atomic E-state index is 14.8. The molecule has 8 nitrogen and oxygen atoms in total. The first-order valence-corrected chi connectivity index (χ1v) is 11.6. The van der Waals surface area contributed by atoms with E-state index in [0.717, 1.165) is 37.5 Å². The zero-order chi connectivity index (χ0) is 26.0. The Labute approximate surface area is 205 Å². The van der Waals surface area contributed by atoms with E-state index in [9.17, 15) is 22.4 Å².